The Morgan fingerprint density at radius 3 is 3.00 bits per heavy atom. The van der Waals surface area contributed by atoms with Crippen molar-refractivity contribution in [3.05, 3.63) is 41.2 Å². The highest BCUT2D eigenvalue weighted by Crippen LogP contribution is 2.27. The van der Waals surface area contributed by atoms with Crippen molar-refractivity contribution < 1.29 is 14.4 Å². The lowest BCUT2D eigenvalue weighted by atomic mass is 10.3. The van der Waals surface area contributed by atoms with Gasteiger partial charge in [0.2, 0.25) is 0 Å². The zero-order chi connectivity index (χ0) is 14.8. The highest BCUT2D eigenvalue weighted by Gasteiger charge is 2.14. The average Bonchev–Trinajstić information content (AvgIpc) is 3.06. The molecule has 8 heteroatoms. The third kappa shape index (κ3) is 3.03. The van der Waals surface area contributed by atoms with Gasteiger partial charge in [0.15, 0.2) is 5.16 Å². The van der Waals surface area contributed by atoms with E-state index in [1.165, 1.54) is 6.26 Å². The molecule has 1 N–H and O–H groups in total. The Labute approximate surface area is 128 Å². The summed E-state index contributed by atoms with van der Waals surface area (Å²) in [5.74, 6) is -0.950. The quantitative estimate of drug-likeness (QED) is 0.727. The summed E-state index contributed by atoms with van der Waals surface area (Å²) >= 11 is 7.19. The van der Waals surface area contributed by atoms with Crippen molar-refractivity contribution in [1.29, 1.82) is 0 Å². The number of imidazole rings is 1. The number of benzene rings is 1. The summed E-state index contributed by atoms with van der Waals surface area (Å²) in [5, 5.41) is 13.9. The number of carbonyl (C=O) groups is 1. The Hall–Kier alpha value is -1.99. The van der Waals surface area contributed by atoms with Crippen molar-refractivity contribution in [1.82, 2.24) is 14.7 Å². The van der Waals surface area contributed by atoms with Crippen LogP contribution in [0.4, 0.5) is 0 Å². The molecule has 2 aromatic heterocycles. The molecule has 0 bridgehead atoms. The van der Waals surface area contributed by atoms with Gasteiger partial charge in [-0.1, -0.05) is 28.5 Å². The average molecular weight is 324 g/mol. The van der Waals surface area contributed by atoms with Crippen LogP contribution >= 0.6 is 23.4 Å². The lowest BCUT2D eigenvalue weighted by molar-refractivity contribution is -0.133. The van der Waals surface area contributed by atoms with Gasteiger partial charge in [0.05, 0.1) is 23.3 Å². The minimum absolute atomic E-state index is 0.0597. The molecule has 2 heterocycles. The van der Waals surface area contributed by atoms with Gasteiger partial charge in [-0.05, 0) is 18.2 Å². The number of halogens is 1. The molecule has 0 fully saturated rings. The lowest BCUT2D eigenvalue weighted by Gasteiger charge is -2.06. The Kier molecular flexibility index (Phi) is 3.85. The zero-order valence-electron chi connectivity index (χ0n) is 10.7. The summed E-state index contributed by atoms with van der Waals surface area (Å²) < 4.78 is 6.71. The molecule has 0 saturated carbocycles. The Bertz CT molecular complexity index is 785. The fourth-order valence-electron chi connectivity index (χ4n) is 1.94. The van der Waals surface area contributed by atoms with Gasteiger partial charge in [-0.15, -0.1) is 0 Å². The topological polar surface area (TPSA) is 81.1 Å². The zero-order valence-corrected chi connectivity index (χ0v) is 12.3. The fourth-order valence-corrected chi connectivity index (χ4v) is 2.84. The molecule has 0 atom stereocenters. The molecule has 21 heavy (non-hydrogen) atoms. The van der Waals surface area contributed by atoms with Crippen molar-refractivity contribution in [2.24, 2.45) is 0 Å². The Morgan fingerprint density at radius 2 is 2.29 bits per heavy atom. The molecule has 0 aliphatic carbocycles. The monoisotopic (exact) mass is 323 g/mol. The van der Waals surface area contributed by atoms with Crippen molar-refractivity contribution >= 4 is 40.4 Å². The van der Waals surface area contributed by atoms with E-state index in [0.717, 1.165) is 28.5 Å². The van der Waals surface area contributed by atoms with E-state index >= 15 is 0 Å². The first-order valence-corrected chi connectivity index (χ1v) is 7.39. The van der Waals surface area contributed by atoms with Gasteiger partial charge < -0.3 is 14.2 Å². The van der Waals surface area contributed by atoms with Gasteiger partial charge in [0, 0.05) is 11.1 Å². The Balaban J connectivity index is 2.04. The summed E-state index contributed by atoms with van der Waals surface area (Å²) in [7, 11) is 0. The molecule has 3 aromatic rings. The maximum atomic E-state index is 10.8. The molecule has 0 aliphatic rings. The number of carboxylic acids is 1. The van der Waals surface area contributed by atoms with Crippen molar-refractivity contribution in [2.45, 2.75) is 11.7 Å². The molecule has 0 amide bonds. The number of nitrogens with zero attached hydrogens (tertiary/aromatic N) is 3. The van der Waals surface area contributed by atoms with Crippen molar-refractivity contribution in [2.75, 3.05) is 5.75 Å². The van der Waals surface area contributed by atoms with Gasteiger partial charge in [0.25, 0.3) is 0 Å². The second kappa shape index (κ2) is 5.79. The Morgan fingerprint density at radius 1 is 1.43 bits per heavy atom. The predicted molar refractivity (Wildman–Crippen MR) is 78.7 cm³/mol. The number of hydrogen-bond acceptors (Lipinski definition) is 5. The third-order valence-electron chi connectivity index (χ3n) is 2.81. The van der Waals surface area contributed by atoms with Gasteiger partial charge >= 0.3 is 5.97 Å². The number of fused-ring (bicyclic) bond motifs is 1. The number of aromatic nitrogens is 3. The highest BCUT2D eigenvalue weighted by molar-refractivity contribution is 7.99. The van der Waals surface area contributed by atoms with E-state index in [4.69, 9.17) is 21.2 Å². The van der Waals surface area contributed by atoms with E-state index in [2.05, 4.69) is 10.1 Å². The lowest BCUT2D eigenvalue weighted by Crippen LogP contribution is -2.04. The van der Waals surface area contributed by atoms with Crippen LogP contribution in [0.3, 0.4) is 0 Å². The second-order valence-corrected chi connectivity index (χ2v) is 5.67. The van der Waals surface area contributed by atoms with Gasteiger partial charge in [-0.25, -0.2) is 4.98 Å². The molecule has 0 aliphatic heterocycles. The normalized spacial score (nSPS) is 11.1. The standard InChI is InChI=1S/C13H10ClN3O3S/c14-8-1-2-10-11(5-8)17(6-9-3-4-20-16-9)13(15-10)21-7-12(18)19/h1-5H,6-7H2,(H,18,19). The molecule has 6 nitrogen and oxygen atoms in total. The predicted octanol–water partition coefficient (Wildman–Crippen LogP) is 2.90. The summed E-state index contributed by atoms with van der Waals surface area (Å²) in [6, 6.07) is 7.11. The molecular formula is C13H10ClN3O3S. The van der Waals surface area contributed by atoms with E-state index in [0.29, 0.717) is 16.7 Å². The summed E-state index contributed by atoms with van der Waals surface area (Å²) in [6.07, 6.45) is 1.49. The number of aliphatic carboxylic acids is 1. The number of thioether (sulfide) groups is 1. The smallest absolute Gasteiger partial charge is 0.313 e. The molecule has 108 valence electrons. The number of rotatable bonds is 5. The van der Waals surface area contributed by atoms with E-state index in [9.17, 15) is 4.79 Å². The van der Waals surface area contributed by atoms with Crippen LogP contribution in [0.25, 0.3) is 11.0 Å². The van der Waals surface area contributed by atoms with Crippen LogP contribution in [-0.2, 0) is 11.3 Å². The molecule has 3 rings (SSSR count). The molecular weight excluding hydrogens is 314 g/mol. The molecule has 0 radical (unpaired) electrons. The van der Waals surface area contributed by atoms with E-state index in [1.54, 1.807) is 18.2 Å². The van der Waals surface area contributed by atoms with Crippen LogP contribution in [0.2, 0.25) is 5.02 Å². The maximum Gasteiger partial charge on any atom is 0.313 e. The summed E-state index contributed by atoms with van der Waals surface area (Å²) in [5.41, 5.74) is 2.32. The fraction of sp³-hybridized carbons (Fsp3) is 0.154. The SMILES string of the molecule is O=C(O)CSc1nc2ccc(Cl)cc2n1Cc1ccon1. The first-order valence-electron chi connectivity index (χ1n) is 6.03. The van der Waals surface area contributed by atoms with Gasteiger partial charge in [-0.3, -0.25) is 4.79 Å². The van der Waals surface area contributed by atoms with Gasteiger partial charge in [0.1, 0.15) is 12.0 Å². The highest BCUT2D eigenvalue weighted by atomic mass is 35.5. The molecule has 1 aromatic carbocycles. The van der Waals surface area contributed by atoms with Crippen LogP contribution in [0.5, 0.6) is 0 Å². The van der Waals surface area contributed by atoms with Crippen molar-refractivity contribution in [3.63, 3.8) is 0 Å². The first kappa shape index (κ1) is 14.0. The van der Waals surface area contributed by atoms with E-state index in [-0.39, 0.29) is 5.75 Å². The third-order valence-corrected chi connectivity index (χ3v) is 4.01. The van der Waals surface area contributed by atoms with Gasteiger partial charge in [-0.2, -0.15) is 0 Å². The van der Waals surface area contributed by atoms with Crippen LogP contribution < -0.4 is 0 Å². The summed E-state index contributed by atoms with van der Waals surface area (Å²) in [4.78, 5) is 15.2. The van der Waals surface area contributed by atoms with Crippen LogP contribution in [0.1, 0.15) is 5.69 Å². The second-order valence-electron chi connectivity index (χ2n) is 4.29. The summed E-state index contributed by atoms with van der Waals surface area (Å²) in [6.45, 7) is 0.440. The number of carboxylic acid groups (broad SMARTS) is 1. The van der Waals surface area contributed by atoms with E-state index < -0.39 is 5.97 Å². The van der Waals surface area contributed by atoms with Crippen molar-refractivity contribution in [3.8, 4) is 0 Å². The van der Waals surface area contributed by atoms with Crippen LogP contribution in [0, 0.1) is 0 Å². The largest absolute Gasteiger partial charge is 0.481 e. The maximum absolute atomic E-state index is 10.8. The first-order chi connectivity index (χ1) is 10.1. The number of hydrogen-bond donors (Lipinski definition) is 1. The van der Waals surface area contributed by atoms with E-state index in [1.807, 2.05) is 10.6 Å². The molecule has 0 unspecified atom stereocenters. The van der Waals surface area contributed by atoms with Crippen LogP contribution in [-0.4, -0.2) is 31.5 Å². The minimum Gasteiger partial charge on any atom is -0.481 e. The minimum atomic E-state index is -0.891. The molecule has 0 spiro atoms. The molecule has 0 saturated heterocycles. The van der Waals surface area contributed by atoms with Crippen LogP contribution in [0.15, 0.2) is 40.2 Å².